The van der Waals surface area contributed by atoms with Gasteiger partial charge in [0.05, 0.1) is 0 Å². The predicted molar refractivity (Wildman–Crippen MR) is 69.7 cm³/mol. The highest BCUT2D eigenvalue weighted by molar-refractivity contribution is 7.92. The molecule has 0 aliphatic carbocycles. The first kappa shape index (κ1) is 15.8. The van der Waals surface area contributed by atoms with E-state index in [4.69, 9.17) is 5.73 Å². The minimum absolute atomic E-state index is 0.0243. The number of rotatable bonds is 11. The van der Waals surface area contributed by atoms with Gasteiger partial charge >= 0.3 is 0 Å². The molecule has 0 spiro atoms. The van der Waals surface area contributed by atoms with Gasteiger partial charge in [0.15, 0.2) is 5.75 Å². The highest BCUT2D eigenvalue weighted by Crippen LogP contribution is 2.09. The van der Waals surface area contributed by atoms with E-state index in [9.17, 15) is 9.35 Å². The molecule has 0 aliphatic rings. The van der Waals surface area contributed by atoms with Crippen LogP contribution < -0.4 is 5.73 Å². The van der Waals surface area contributed by atoms with Crippen LogP contribution in [0.3, 0.4) is 0 Å². The minimum atomic E-state index is -1.03. The van der Waals surface area contributed by atoms with Crippen molar-refractivity contribution in [2.45, 2.75) is 58.3 Å². The Hall–Kier alpha value is -0.220. The number of hydrogen-bond donors (Lipinski definition) is 1. The maximum absolute atomic E-state index is 11.2. The van der Waals surface area contributed by atoms with Crippen molar-refractivity contribution in [1.29, 1.82) is 0 Å². The summed E-state index contributed by atoms with van der Waals surface area (Å²) in [5.41, 5.74) is 4.96. The summed E-state index contributed by atoms with van der Waals surface area (Å²) >= 11 is -1.03. The molecule has 0 aromatic rings. The lowest BCUT2D eigenvalue weighted by Crippen LogP contribution is -2.24. The molecule has 0 fully saturated rings. The summed E-state index contributed by atoms with van der Waals surface area (Å²) in [5, 5.41) is 0. The molecule has 0 rings (SSSR count). The Morgan fingerprint density at radius 1 is 1.06 bits per heavy atom. The van der Waals surface area contributed by atoms with Crippen molar-refractivity contribution in [2.24, 2.45) is 5.73 Å². The molecule has 1 unspecified atom stereocenters. The Morgan fingerprint density at radius 3 is 2.06 bits per heavy atom. The maximum Gasteiger partial charge on any atom is 0.267 e. The number of hydrogen-bond acceptors (Lipinski definition) is 2. The monoisotopic (exact) mass is 247 g/mol. The summed E-state index contributed by atoms with van der Waals surface area (Å²) in [7, 11) is 0. The molecule has 0 saturated heterocycles. The van der Waals surface area contributed by atoms with E-state index in [2.05, 4.69) is 6.92 Å². The molecular formula is C12H25NO2S. The van der Waals surface area contributed by atoms with E-state index >= 15 is 0 Å². The van der Waals surface area contributed by atoms with Gasteiger partial charge in [-0.15, -0.1) is 0 Å². The number of unbranched alkanes of at least 4 members (excludes halogenated alkanes) is 7. The summed E-state index contributed by atoms with van der Waals surface area (Å²) in [4.78, 5) is 10.5. The molecule has 4 heteroatoms. The van der Waals surface area contributed by atoms with Gasteiger partial charge in [-0.2, -0.15) is 0 Å². The van der Waals surface area contributed by atoms with Crippen LogP contribution in [-0.2, 0) is 16.0 Å². The van der Waals surface area contributed by atoms with E-state index in [1.165, 1.54) is 38.5 Å². The third-order valence-electron chi connectivity index (χ3n) is 2.53. The van der Waals surface area contributed by atoms with Crippen LogP contribution in [-0.4, -0.2) is 22.0 Å². The molecule has 0 heterocycles. The maximum atomic E-state index is 11.2. The van der Waals surface area contributed by atoms with Gasteiger partial charge in [0.25, 0.3) is 5.91 Å². The molecule has 0 radical (unpaired) electrons. The third kappa shape index (κ3) is 11.9. The lowest BCUT2D eigenvalue weighted by atomic mass is 10.1. The molecule has 16 heavy (non-hydrogen) atoms. The molecule has 1 atom stereocenters. The van der Waals surface area contributed by atoms with Crippen LogP contribution in [0.5, 0.6) is 0 Å². The van der Waals surface area contributed by atoms with Gasteiger partial charge < -0.3 is 10.3 Å². The molecule has 1 amide bonds. The summed E-state index contributed by atoms with van der Waals surface area (Å²) < 4.78 is 11.2. The SMILES string of the molecule is CCCCCCCCCC[S+]([O-])CC(N)=O. The Labute approximate surface area is 102 Å². The lowest BCUT2D eigenvalue weighted by molar-refractivity contribution is -0.115. The minimum Gasteiger partial charge on any atom is -0.616 e. The zero-order chi connectivity index (χ0) is 12.2. The average Bonchev–Trinajstić information content (AvgIpc) is 2.21. The van der Waals surface area contributed by atoms with Crippen molar-refractivity contribution in [3.63, 3.8) is 0 Å². The van der Waals surface area contributed by atoms with Crippen LogP contribution in [0.4, 0.5) is 0 Å². The molecule has 0 saturated carbocycles. The fourth-order valence-electron chi connectivity index (χ4n) is 1.63. The van der Waals surface area contributed by atoms with E-state index < -0.39 is 17.1 Å². The van der Waals surface area contributed by atoms with Gasteiger partial charge in [0, 0.05) is 0 Å². The van der Waals surface area contributed by atoms with Crippen LogP contribution in [0.15, 0.2) is 0 Å². The van der Waals surface area contributed by atoms with Crippen molar-refractivity contribution < 1.29 is 9.35 Å². The molecule has 0 aliphatic heterocycles. The van der Waals surface area contributed by atoms with Gasteiger partial charge in [-0.25, -0.2) is 0 Å². The van der Waals surface area contributed by atoms with Gasteiger partial charge in [-0.1, -0.05) is 45.4 Å². The fraction of sp³-hybridized carbons (Fsp3) is 0.917. The van der Waals surface area contributed by atoms with Gasteiger partial charge in [0.1, 0.15) is 5.75 Å². The zero-order valence-corrected chi connectivity index (χ0v) is 11.2. The van der Waals surface area contributed by atoms with Crippen molar-refractivity contribution in [1.82, 2.24) is 0 Å². The zero-order valence-electron chi connectivity index (χ0n) is 10.4. The summed E-state index contributed by atoms with van der Waals surface area (Å²) in [6.45, 7) is 2.22. The molecular weight excluding hydrogens is 222 g/mol. The summed E-state index contributed by atoms with van der Waals surface area (Å²) in [6, 6.07) is 0. The van der Waals surface area contributed by atoms with Gasteiger partial charge in [-0.05, 0) is 24.0 Å². The largest absolute Gasteiger partial charge is 0.616 e. The van der Waals surface area contributed by atoms with Crippen molar-refractivity contribution in [3.8, 4) is 0 Å². The molecule has 0 aromatic heterocycles. The van der Waals surface area contributed by atoms with E-state index in [1.54, 1.807) is 0 Å². The van der Waals surface area contributed by atoms with E-state index in [1.807, 2.05) is 0 Å². The van der Waals surface area contributed by atoms with Crippen LogP contribution in [0, 0.1) is 0 Å². The number of carbonyl (C=O) groups excluding carboxylic acids is 1. The first-order valence-electron chi connectivity index (χ1n) is 6.30. The Bertz CT molecular complexity index is 176. The van der Waals surface area contributed by atoms with Crippen molar-refractivity contribution in [3.05, 3.63) is 0 Å². The molecule has 96 valence electrons. The standard InChI is InChI=1S/C12H25NO2S/c1-2-3-4-5-6-7-8-9-10-16(15)11-12(13)14/h2-11H2,1H3,(H2,13,14). The topological polar surface area (TPSA) is 66.2 Å². The first-order chi connectivity index (χ1) is 7.66. The Balaban J connectivity index is 3.11. The average molecular weight is 247 g/mol. The molecule has 0 bridgehead atoms. The van der Waals surface area contributed by atoms with Crippen LogP contribution >= 0.6 is 0 Å². The van der Waals surface area contributed by atoms with Crippen molar-refractivity contribution in [2.75, 3.05) is 11.5 Å². The van der Waals surface area contributed by atoms with E-state index in [0.717, 1.165) is 12.8 Å². The second-order valence-corrected chi connectivity index (χ2v) is 5.81. The molecule has 3 nitrogen and oxygen atoms in total. The smallest absolute Gasteiger partial charge is 0.267 e. The quantitative estimate of drug-likeness (QED) is 0.450. The number of carbonyl (C=O) groups is 1. The normalized spacial score (nSPS) is 12.6. The van der Waals surface area contributed by atoms with Crippen LogP contribution in [0.25, 0.3) is 0 Å². The second-order valence-electron chi connectivity index (χ2n) is 4.23. The van der Waals surface area contributed by atoms with Crippen LogP contribution in [0.2, 0.25) is 0 Å². The second kappa shape index (κ2) is 11.3. The summed E-state index contributed by atoms with van der Waals surface area (Å²) in [5.74, 6) is 0.187. The Morgan fingerprint density at radius 2 is 1.56 bits per heavy atom. The number of amides is 1. The van der Waals surface area contributed by atoms with Crippen molar-refractivity contribution >= 4 is 17.1 Å². The number of nitrogens with two attached hydrogens (primary N) is 1. The third-order valence-corrected chi connectivity index (χ3v) is 3.88. The van der Waals surface area contributed by atoms with Gasteiger partial charge in [-0.3, -0.25) is 4.79 Å². The fourth-order valence-corrected chi connectivity index (χ4v) is 2.62. The Kier molecular flexibility index (Phi) is 11.1. The predicted octanol–water partition coefficient (Wildman–Crippen LogP) is 2.36. The lowest BCUT2D eigenvalue weighted by Gasteiger charge is -2.08. The first-order valence-corrected chi connectivity index (χ1v) is 7.79. The highest BCUT2D eigenvalue weighted by atomic mass is 32.2. The van der Waals surface area contributed by atoms with Gasteiger partial charge in [0.2, 0.25) is 0 Å². The summed E-state index contributed by atoms with van der Waals surface area (Å²) in [6.07, 6.45) is 9.85. The highest BCUT2D eigenvalue weighted by Gasteiger charge is 2.08. The molecule has 2 N–H and O–H groups in total. The van der Waals surface area contributed by atoms with Crippen LogP contribution in [0.1, 0.15) is 58.3 Å². The van der Waals surface area contributed by atoms with E-state index in [0.29, 0.717) is 5.75 Å². The number of primary amides is 1. The molecule has 0 aromatic carbocycles. The van der Waals surface area contributed by atoms with E-state index in [-0.39, 0.29) is 5.75 Å².